The molecular weight excluding hydrogens is 545 g/mol. The number of carbonyl (C=O) groups excluding carboxylic acids is 2. The average molecular weight is 570 g/mol. The monoisotopic (exact) mass is 568 g/mol. The zero-order valence-electron chi connectivity index (χ0n) is 20.4. The Morgan fingerprint density at radius 1 is 1.00 bits per heavy atom. The highest BCUT2D eigenvalue weighted by Crippen LogP contribution is 2.44. The van der Waals surface area contributed by atoms with Crippen LogP contribution in [-0.4, -0.2) is 17.9 Å². The van der Waals surface area contributed by atoms with Crippen LogP contribution in [-0.2, 0) is 16.8 Å². The van der Waals surface area contributed by atoms with Crippen molar-refractivity contribution < 1.29 is 9.59 Å². The summed E-state index contributed by atoms with van der Waals surface area (Å²) in [5.41, 5.74) is 1.20. The molecular formula is C28H25Cl3N5O2+. The lowest BCUT2D eigenvalue weighted by Gasteiger charge is -2.31. The number of nitrogens with one attached hydrogen (secondary N) is 2. The lowest BCUT2D eigenvalue weighted by atomic mass is 9.84. The number of anilines is 2. The van der Waals surface area contributed by atoms with Gasteiger partial charge in [0.1, 0.15) is 16.7 Å². The molecule has 2 aliphatic rings. The Kier molecular flexibility index (Phi) is 7.82. The quantitative estimate of drug-likeness (QED) is 0.236. The molecule has 5 rings (SSSR count). The van der Waals surface area contributed by atoms with Gasteiger partial charge in [0.15, 0.2) is 0 Å². The van der Waals surface area contributed by atoms with E-state index in [0.717, 1.165) is 31.2 Å². The first kappa shape index (κ1) is 26.4. The van der Waals surface area contributed by atoms with Gasteiger partial charge in [-0.25, -0.2) is 0 Å². The highest BCUT2D eigenvalue weighted by atomic mass is 35.5. The third kappa shape index (κ3) is 5.47. The molecule has 0 bridgehead atoms. The van der Waals surface area contributed by atoms with Crippen molar-refractivity contribution in [3.63, 3.8) is 0 Å². The number of para-hydroxylation sites is 1. The molecule has 38 heavy (non-hydrogen) atoms. The minimum absolute atomic E-state index is 0.0868. The van der Waals surface area contributed by atoms with Crippen LogP contribution in [0.1, 0.15) is 53.6 Å². The van der Waals surface area contributed by atoms with Gasteiger partial charge in [-0.2, -0.15) is 0 Å². The molecule has 3 aromatic carbocycles. The molecule has 1 atom stereocenters. The Bertz CT molecular complexity index is 1460. The van der Waals surface area contributed by atoms with Crippen molar-refractivity contribution in [1.29, 1.82) is 0 Å². The maximum atomic E-state index is 13.7. The molecule has 1 saturated carbocycles. The fourth-order valence-electron chi connectivity index (χ4n) is 5.07. The van der Waals surface area contributed by atoms with Crippen molar-refractivity contribution >= 4 is 58.0 Å². The SMILES string of the molecule is O=C(N=[N+]=NC1CCCCC1)c1cccc(Cl)c1NC1(Cc2cccc(Cl)c2)C(=O)Nc2cc(Cl)ccc21. The predicted octanol–water partition coefficient (Wildman–Crippen LogP) is 7.59. The summed E-state index contributed by atoms with van der Waals surface area (Å²) in [5.74, 6) is -0.927. The van der Waals surface area contributed by atoms with Gasteiger partial charge in [-0.3, -0.25) is 9.59 Å². The lowest BCUT2D eigenvalue weighted by Crippen LogP contribution is -2.44. The third-order valence-corrected chi connectivity index (χ3v) is 7.73. The van der Waals surface area contributed by atoms with Crippen molar-refractivity contribution in [2.24, 2.45) is 10.2 Å². The van der Waals surface area contributed by atoms with Gasteiger partial charge in [0, 0.05) is 27.7 Å². The number of amides is 2. The number of hydrogen-bond acceptors (Lipinski definition) is 4. The summed E-state index contributed by atoms with van der Waals surface area (Å²) in [7, 11) is 0. The molecule has 10 heteroatoms. The predicted molar refractivity (Wildman–Crippen MR) is 150 cm³/mol. The van der Waals surface area contributed by atoms with E-state index >= 15 is 0 Å². The van der Waals surface area contributed by atoms with E-state index in [1.165, 1.54) is 6.42 Å². The van der Waals surface area contributed by atoms with Crippen LogP contribution in [0, 0.1) is 0 Å². The second kappa shape index (κ2) is 11.3. The summed E-state index contributed by atoms with van der Waals surface area (Å²) < 4.78 is 0. The van der Waals surface area contributed by atoms with Crippen molar-refractivity contribution in [3.8, 4) is 0 Å². The standard InChI is InChI=1S/C28H24Cl3N5O2/c29-18-7-4-6-17(14-18)16-28(22-13-12-19(30)15-24(22)32-27(28)38)33-25-21(10-5-11-23(25)31)26(37)35-36-34-20-8-2-1-3-9-20/h4-7,10-15,20H,1-3,8-9,16H2,(H-,32,33,37,38)/p+1. The molecule has 0 radical (unpaired) electrons. The molecule has 0 saturated heterocycles. The minimum Gasteiger partial charge on any atom is -0.365 e. The normalized spacial score (nSPS) is 18.8. The van der Waals surface area contributed by atoms with Crippen LogP contribution in [0.25, 0.3) is 0 Å². The maximum Gasteiger partial charge on any atom is 0.362 e. The molecule has 1 unspecified atom stereocenters. The largest absolute Gasteiger partial charge is 0.365 e. The molecule has 1 fully saturated rings. The van der Waals surface area contributed by atoms with Gasteiger partial charge in [0.05, 0.1) is 16.3 Å². The van der Waals surface area contributed by atoms with Crippen molar-refractivity contribution in [1.82, 2.24) is 4.91 Å². The molecule has 3 aromatic rings. The van der Waals surface area contributed by atoms with Gasteiger partial charge in [0.2, 0.25) is 10.0 Å². The number of hydrogen-bond donors (Lipinski definition) is 2. The van der Waals surface area contributed by atoms with E-state index in [9.17, 15) is 9.59 Å². The Hall–Kier alpha value is -3.22. The zero-order valence-corrected chi connectivity index (χ0v) is 22.7. The van der Waals surface area contributed by atoms with E-state index in [-0.39, 0.29) is 34.6 Å². The molecule has 7 nitrogen and oxygen atoms in total. The summed E-state index contributed by atoms with van der Waals surface area (Å²) in [5, 5.41) is 15.6. The van der Waals surface area contributed by atoms with E-state index in [0.29, 0.717) is 21.3 Å². The van der Waals surface area contributed by atoms with Crippen molar-refractivity contribution in [3.05, 3.63) is 92.4 Å². The Morgan fingerprint density at radius 2 is 1.76 bits per heavy atom. The lowest BCUT2D eigenvalue weighted by molar-refractivity contribution is -0.119. The molecule has 1 aliphatic heterocycles. The third-order valence-electron chi connectivity index (χ3n) is 6.94. The number of rotatable bonds is 6. The summed E-state index contributed by atoms with van der Waals surface area (Å²) in [4.78, 5) is 30.7. The average Bonchev–Trinajstić information content (AvgIpc) is 3.15. The van der Waals surface area contributed by atoms with Crippen LogP contribution in [0.5, 0.6) is 0 Å². The fourth-order valence-corrected chi connectivity index (χ4v) is 5.68. The van der Waals surface area contributed by atoms with Gasteiger partial charge >= 0.3 is 5.91 Å². The Morgan fingerprint density at radius 3 is 2.55 bits per heavy atom. The highest BCUT2D eigenvalue weighted by Gasteiger charge is 2.48. The summed E-state index contributed by atoms with van der Waals surface area (Å²) in [6, 6.07) is 17.4. The summed E-state index contributed by atoms with van der Waals surface area (Å²) in [6.07, 6.45) is 5.52. The van der Waals surface area contributed by atoms with Crippen LogP contribution in [0.2, 0.25) is 15.1 Å². The van der Waals surface area contributed by atoms with Crippen LogP contribution >= 0.6 is 34.8 Å². The van der Waals surface area contributed by atoms with E-state index in [2.05, 4.69) is 25.8 Å². The van der Waals surface area contributed by atoms with Gasteiger partial charge in [0.25, 0.3) is 5.91 Å². The molecule has 1 heterocycles. The van der Waals surface area contributed by atoms with Crippen molar-refractivity contribution in [2.75, 3.05) is 10.6 Å². The topological polar surface area (TPSA) is 97.0 Å². The first-order valence-corrected chi connectivity index (χ1v) is 13.6. The molecule has 2 N–H and O–H groups in total. The Balaban J connectivity index is 1.55. The van der Waals surface area contributed by atoms with Gasteiger partial charge in [-0.1, -0.05) is 78.3 Å². The molecule has 0 spiro atoms. The minimum atomic E-state index is -1.31. The zero-order chi connectivity index (χ0) is 26.7. The molecule has 1 aliphatic carbocycles. The number of fused-ring (bicyclic) bond motifs is 1. The fraction of sp³-hybridized carbons (Fsp3) is 0.286. The van der Waals surface area contributed by atoms with Gasteiger partial charge in [-0.05, 0) is 54.8 Å². The smallest absolute Gasteiger partial charge is 0.362 e. The number of carbonyl (C=O) groups is 2. The van der Waals surface area contributed by atoms with Crippen LogP contribution in [0.3, 0.4) is 0 Å². The van der Waals surface area contributed by atoms with E-state index in [1.807, 2.05) is 12.1 Å². The number of benzene rings is 3. The number of halogens is 3. The second-order valence-electron chi connectivity index (χ2n) is 9.55. The van der Waals surface area contributed by atoms with Crippen LogP contribution in [0.15, 0.2) is 70.9 Å². The first-order chi connectivity index (χ1) is 18.4. The summed E-state index contributed by atoms with van der Waals surface area (Å²) in [6.45, 7) is 0. The van der Waals surface area contributed by atoms with E-state index in [4.69, 9.17) is 34.8 Å². The highest BCUT2D eigenvalue weighted by molar-refractivity contribution is 6.34. The summed E-state index contributed by atoms with van der Waals surface area (Å²) >= 11 is 19.1. The van der Waals surface area contributed by atoms with Gasteiger partial charge < -0.3 is 10.6 Å². The molecule has 194 valence electrons. The van der Waals surface area contributed by atoms with Gasteiger partial charge in [-0.15, -0.1) is 0 Å². The van der Waals surface area contributed by atoms with E-state index in [1.54, 1.807) is 48.5 Å². The molecule has 2 amide bonds. The maximum absolute atomic E-state index is 13.7. The molecule has 0 aromatic heterocycles. The van der Waals surface area contributed by atoms with Crippen LogP contribution < -0.4 is 15.5 Å². The van der Waals surface area contributed by atoms with Crippen molar-refractivity contribution in [2.45, 2.75) is 50.1 Å². The Labute approximate surface area is 235 Å². The van der Waals surface area contributed by atoms with E-state index < -0.39 is 11.4 Å². The first-order valence-electron chi connectivity index (χ1n) is 12.4. The number of nitrogens with zero attached hydrogens (tertiary/aromatic N) is 3. The van der Waals surface area contributed by atoms with Crippen LogP contribution in [0.4, 0.5) is 11.4 Å². The second-order valence-corrected chi connectivity index (χ2v) is 10.8.